The second-order valence-electron chi connectivity index (χ2n) is 12.2. The van der Waals surface area contributed by atoms with Gasteiger partial charge in [-0.1, -0.05) is 36.4 Å². The smallest absolute Gasteiger partial charge is 0.363 e. The number of carboxylic acid groups (broad SMARTS) is 2. The Morgan fingerprint density at radius 3 is 1.22 bits per heavy atom. The van der Waals surface area contributed by atoms with E-state index in [1.807, 2.05) is 72.8 Å². The number of rotatable bonds is 10. The number of aromatic carboxylic acids is 2. The zero-order valence-electron chi connectivity index (χ0n) is 28.5. The summed E-state index contributed by atoms with van der Waals surface area (Å²) in [7, 11) is 0. The first-order valence-electron chi connectivity index (χ1n) is 17.0. The van der Waals surface area contributed by atoms with E-state index < -0.39 is 11.9 Å². The summed E-state index contributed by atoms with van der Waals surface area (Å²) in [5.41, 5.74) is 7.10. The lowest BCUT2D eigenvalue weighted by Gasteiger charge is -2.20. The van der Waals surface area contributed by atoms with Crippen LogP contribution in [0.4, 0.5) is 11.4 Å². The zero-order valence-corrected chi connectivity index (χ0v) is 28.5. The van der Waals surface area contributed by atoms with Crippen molar-refractivity contribution in [1.82, 2.24) is 0 Å². The minimum Gasteiger partial charge on any atom is -0.478 e. The van der Waals surface area contributed by atoms with Crippen molar-refractivity contribution >= 4 is 67.2 Å². The van der Waals surface area contributed by atoms with Gasteiger partial charge < -0.3 is 20.0 Å². The molecular weight excluding hydrogens is 628 g/mol. The van der Waals surface area contributed by atoms with Gasteiger partial charge in [-0.2, -0.15) is 0 Å². The van der Waals surface area contributed by atoms with Gasteiger partial charge in [0.15, 0.2) is 0 Å². The molecule has 8 nitrogen and oxygen atoms in total. The number of hydrogen-bond donors (Lipinski definition) is 2. The molecule has 7 rings (SSSR count). The zero-order chi connectivity index (χ0) is 35.1. The third-order valence-corrected chi connectivity index (χ3v) is 9.64. The number of anilines is 2. The molecule has 0 aliphatic rings. The summed E-state index contributed by atoms with van der Waals surface area (Å²) in [6.45, 7) is 11.6. The van der Waals surface area contributed by atoms with Crippen LogP contribution in [0, 0.1) is 0 Å². The minimum atomic E-state index is -1.03. The van der Waals surface area contributed by atoms with Crippen LogP contribution in [0.1, 0.15) is 48.4 Å². The third-order valence-electron chi connectivity index (χ3n) is 9.64. The minimum absolute atomic E-state index is 0.171. The Morgan fingerprint density at radius 2 is 0.860 bits per heavy atom. The molecule has 0 spiro atoms. The van der Waals surface area contributed by atoms with Gasteiger partial charge in [-0.3, -0.25) is 0 Å². The molecule has 0 bridgehead atoms. The molecule has 2 N–H and O–H groups in total. The summed E-state index contributed by atoms with van der Waals surface area (Å²) in [5, 5.41) is 23.5. The van der Waals surface area contributed by atoms with Gasteiger partial charge in [-0.25, -0.2) is 18.4 Å². The van der Waals surface area contributed by atoms with Crippen LogP contribution in [0.5, 0.6) is 0 Å². The van der Waals surface area contributed by atoms with E-state index in [9.17, 15) is 19.8 Å². The molecule has 0 atom stereocenters. The van der Waals surface area contributed by atoms with E-state index >= 15 is 0 Å². The van der Waals surface area contributed by atoms with Crippen molar-refractivity contribution in [3.63, 3.8) is 0 Å². The van der Waals surface area contributed by atoms with Crippen LogP contribution in [0.3, 0.4) is 0 Å². The van der Waals surface area contributed by atoms with E-state index in [0.717, 1.165) is 48.3 Å². The molecule has 0 fully saturated rings. The first-order valence-corrected chi connectivity index (χ1v) is 17.0. The highest BCUT2D eigenvalue weighted by Gasteiger charge is 2.30. The van der Waals surface area contributed by atoms with E-state index in [2.05, 4.69) is 37.5 Å². The maximum absolute atomic E-state index is 12.6. The molecule has 0 saturated heterocycles. The van der Waals surface area contributed by atoms with Crippen LogP contribution in [-0.4, -0.2) is 48.3 Å². The number of hydrogen-bond acceptors (Lipinski definition) is 4. The van der Waals surface area contributed by atoms with E-state index in [4.69, 9.17) is 8.83 Å². The molecule has 0 aliphatic heterocycles. The molecule has 2 heterocycles. The number of carbonyl (C=O) groups is 2. The first kappa shape index (κ1) is 32.5. The van der Waals surface area contributed by atoms with Crippen molar-refractivity contribution < 1.29 is 28.6 Å². The lowest BCUT2D eigenvalue weighted by molar-refractivity contribution is 0.0687. The highest BCUT2D eigenvalue weighted by molar-refractivity contribution is 6.18. The van der Waals surface area contributed by atoms with Crippen LogP contribution in [0.25, 0.3) is 66.1 Å². The second kappa shape index (κ2) is 13.1. The molecule has 0 unspecified atom stereocenters. The molecule has 0 amide bonds. The van der Waals surface area contributed by atoms with Gasteiger partial charge in [0, 0.05) is 48.7 Å². The van der Waals surface area contributed by atoms with Crippen molar-refractivity contribution in [3.05, 3.63) is 108 Å². The van der Waals surface area contributed by atoms with Crippen molar-refractivity contribution in [2.75, 3.05) is 36.0 Å². The summed E-state index contributed by atoms with van der Waals surface area (Å²) in [4.78, 5) is 29.6. The van der Waals surface area contributed by atoms with Crippen LogP contribution in [0.15, 0.2) is 106 Å². The largest absolute Gasteiger partial charge is 0.478 e. The van der Waals surface area contributed by atoms with Gasteiger partial charge in [0.1, 0.15) is 0 Å². The van der Waals surface area contributed by atoms with Crippen LogP contribution in [-0.2, 0) is 0 Å². The summed E-state index contributed by atoms with van der Waals surface area (Å²) in [6.07, 6.45) is 0. The number of carboxylic acids is 2. The molecular formula is C42H38N2O6+2. The molecule has 0 aliphatic carbocycles. The molecule has 5 aromatic carbocycles. The quantitative estimate of drug-likeness (QED) is 0.110. The van der Waals surface area contributed by atoms with Crippen LogP contribution >= 0.6 is 0 Å². The van der Waals surface area contributed by atoms with E-state index in [1.54, 1.807) is 24.3 Å². The highest BCUT2D eigenvalue weighted by Crippen LogP contribution is 2.45. The molecule has 0 radical (unpaired) electrons. The fourth-order valence-electron chi connectivity index (χ4n) is 7.18. The SMILES string of the molecule is CCN(CC)c1ccc2c(-c3ccccc3C(=O)O)c3cc4[o+]c5cc(N(CC)CC)ccc5c(-c5ccccc5C(=O)O)c4cc3[o+]c2c1. The average Bonchev–Trinajstić information content (AvgIpc) is 3.13. The molecule has 0 saturated carbocycles. The summed E-state index contributed by atoms with van der Waals surface area (Å²) < 4.78 is 13.4. The van der Waals surface area contributed by atoms with Gasteiger partial charge in [-0.15, -0.1) is 0 Å². The number of benzene rings is 5. The molecule has 8 heteroatoms. The maximum atomic E-state index is 12.6. The van der Waals surface area contributed by atoms with E-state index in [1.165, 1.54) is 0 Å². The maximum Gasteiger partial charge on any atom is 0.363 e. The van der Waals surface area contributed by atoms with Crippen LogP contribution < -0.4 is 9.80 Å². The summed E-state index contributed by atoms with van der Waals surface area (Å²) in [5.74, 6) is -2.06. The van der Waals surface area contributed by atoms with E-state index in [-0.39, 0.29) is 11.1 Å². The lowest BCUT2D eigenvalue weighted by atomic mass is 9.90. The Balaban J connectivity index is 1.66. The topological polar surface area (TPSA) is 104 Å². The fourth-order valence-corrected chi connectivity index (χ4v) is 7.18. The van der Waals surface area contributed by atoms with Crippen molar-refractivity contribution in [2.24, 2.45) is 0 Å². The van der Waals surface area contributed by atoms with Crippen molar-refractivity contribution in [2.45, 2.75) is 27.7 Å². The molecule has 2 aromatic heterocycles. The Hall–Kier alpha value is -6.02. The highest BCUT2D eigenvalue weighted by atomic mass is 16.4. The Morgan fingerprint density at radius 1 is 0.500 bits per heavy atom. The Kier molecular flexibility index (Phi) is 8.53. The van der Waals surface area contributed by atoms with Gasteiger partial charge >= 0.3 is 34.3 Å². The van der Waals surface area contributed by atoms with E-state index in [0.29, 0.717) is 55.4 Å². The Labute approximate surface area is 289 Å². The van der Waals surface area contributed by atoms with Crippen LogP contribution in [0.2, 0.25) is 0 Å². The lowest BCUT2D eigenvalue weighted by Crippen LogP contribution is -2.21. The first-order chi connectivity index (χ1) is 24.3. The van der Waals surface area contributed by atoms with Gasteiger partial charge in [0.2, 0.25) is 0 Å². The van der Waals surface area contributed by atoms with Crippen molar-refractivity contribution in [1.29, 1.82) is 0 Å². The summed E-state index contributed by atoms with van der Waals surface area (Å²) >= 11 is 0. The second-order valence-corrected chi connectivity index (χ2v) is 12.2. The van der Waals surface area contributed by atoms with Crippen molar-refractivity contribution in [3.8, 4) is 22.3 Å². The molecule has 7 aromatic rings. The molecule has 50 heavy (non-hydrogen) atoms. The monoisotopic (exact) mass is 666 g/mol. The van der Waals surface area contributed by atoms with Gasteiger partial charge in [-0.05, 0) is 75.2 Å². The fraction of sp³-hybridized carbons (Fsp3) is 0.190. The predicted octanol–water partition coefficient (Wildman–Crippen LogP) is 10.5. The number of fused-ring (bicyclic) bond motifs is 4. The third kappa shape index (κ3) is 5.43. The summed E-state index contributed by atoms with van der Waals surface area (Å²) in [6, 6.07) is 29.8. The molecule has 250 valence electrons. The number of nitrogens with zero attached hydrogens (tertiary/aromatic N) is 2. The Bertz CT molecular complexity index is 2290. The average molecular weight is 667 g/mol. The predicted molar refractivity (Wildman–Crippen MR) is 202 cm³/mol. The normalized spacial score (nSPS) is 11.4. The van der Waals surface area contributed by atoms with Gasteiger partial charge in [0.05, 0.1) is 56.9 Å². The van der Waals surface area contributed by atoms with Gasteiger partial charge in [0.25, 0.3) is 0 Å². The standard InChI is InChI=1S/C42H36N2O6/c1-5-43(6-2)25-17-19-31-35(21-25)49-37-23-34-38(24-33(37)39(31)27-13-9-11-15-29(27)41(45)46)50-36-22-26(44(7-3)8-4)18-20-32(36)40(34)28-14-10-12-16-30(28)42(47)48/h9-24H,5-8H2,1-4H3/p+2.